The molecular weight excluding hydrogens is 260 g/mol. The molecule has 0 radical (unpaired) electrons. The van der Waals surface area contributed by atoms with Crippen LogP contribution in [0, 0.1) is 4.91 Å². The number of anilines is 1. The molecule has 2 rings (SSSR count). The second-order valence-electron chi connectivity index (χ2n) is 4.67. The van der Waals surface area contributed by atoms with E-state index in [0.29, 0.717) is 17.8 Å². The maximum absolute atomic E-state index is 12.0. The van der Waals surface area contributed by atoms with Gasteiger partial charge in [-0.1, -0.05) is 0 Å². The highest BCUT2D eigenvalue weighted by atomic mass is 16.5. The lowest BCUT2D eigenvalue weighted by Crippen LogP contribution is -2.42. The van der Waals surface area contributed by atoms with Crippen LogP contribution in [0.3, 0.4) is 0 Å². The molecule has 1 aromatic carbocycles. The van der Waals surface area contributed by atoms with Gasteiger partial charge in [-0.05, 0) is 18.6 Å². The van der Waals surface area contributed by atoms with E-state index >= 15 is 0 Å². The third-order valence-corrected chi connectivity index (χ3v) is 3.31. The largest absolute Gasteiger partial charge is 0.464 e. The first-order valence-electron chi connectivity index (χ1n) is 6.46. The standard InChI is InChI=1S/C14H17N2O4/c1-4-20-14(18)13-8-10-7-11(15(3)19)5-6-12(10)16(13)9(2)17/h5-7,13H,4,8H2,1-3H3/q+1. The molecule has 1 aromatic rings. The number of carbonyl (C=O) groups is 2. The van der Waals surface area contributed by atoms with Gasteiger partial charge in [0.15, 0.2) is 7.05 Å². The second kappa shape index (κ2) is 5.40. The molecule has 0 fully saturated rings. The lowest BCUT2D eigenvalue weighted by molar-refractivity contribution is -0.428. The first kappa shape index (κ1) is 14.2. The van der Waals surface area contributed by atoms with Gasteiger partial charge in [0, 0.05) is 40.8 Å². The van der Waals surface area contributed by atoms with E-state index < -0.39 is 12.0 Å². The number of amides is 1. The summed E-state index contributed by atoms with van der Waals surface area (Å²) < 4.78 is 5.76. The van der Waals surface area contributed by atoms with Crippen LogP contribution in [0.1, 0.15) is 19.4 Å². The van der Waals surface area contributed by atoms with Crippen LogP contribution >= 0.6 is 0 Å². The van der Waals surface area contributed by atoms with Crippen LogP contribution in [0.25, 0.3) is 0 Å². The Kier molecular flexibility index (Phi) is 3.83. The highest BCUT2D eigenvalue weighted by Crippen LogP contribution is 2.35. The zero-order valence-corrected chi connectivity index (χ0v) is 11.8. The SMILES string of the molecule is CCOC(=O)C1Cc2cc([N+](C)=O)ccc2N1C(C)=O. The molecule has 106 valence electrons. The van der Waals surface area contributed by atoms with Gasteiger partial charge in [0.25, 0.3) is 5.69 Å². The van der Waals surface area contributed by atoms with Crippen molar-refractivity contribution in [2.24, 2.45) is 0 Å². The molecule has 1 amide bonds. The first-order chi connectivity index (χ1) is 9.45. The van der Waals surface area contributed by atoms with E-state index in [9.17, 15) is 14.5 Å². The molecule has 0 saturated carbocycles. The topological polar surface area (TPSA) is 66.7 Å². The van der Waals surface area contributed by atoms with Crippen molar-refractivity contribution in [2.75, 3.05) is 18.6 Å². The van der Waals surface area contributed by atoms with Crippen molar-refractivity contribution in [1.82, 2.24) is 0 Å². The van der Waals surface area contributed by atoms with Crippen LogP contribution in [0.4, 0.5) is 11.4 Å². The van der Waals surface area contributed by atoms with Gasteiger partial charge < -0.3 is 4.74 Å². The Balaban J connectivity index is 2.40. The van der Waals surface area contributed by atoms with Crippen molar-refractivity contribution in [3.05, 3.63) is 28.7 Å². The molecular formula is C14H17N2O4+. The lowest BCUT2D eigenvalue weighted by Gasteiger charge is -2.22. The molecule has 6 heteroatoms. The van der Waals surface area contributed by atoms with Crippen LogP contribution < -0.4 is 4.90 Å². The summed E-state index contributed by atoms with van der Waals surface area (Å²) in [5, 5.41) is 0. The smallest absolute Gasteiger partial charge is 0.329 e. The molecule has 1 aliphatic heterocycles. The summed E-state index contributed by atoms with van der Waals surface area (Å²) in [6.07, 6.45) is 0.370. The van der Waals surface area contributed by atoms with E-state index in [1.807, 2.05) is 0 Å². The minimum Gasteiger partial charge on any atom is -0.464 e. The number of benzene rings is 1. The Morgan fingerprint density at radius 1 is 1.45 bits per heavy atom. The molecule has 0 saturated heterocycles. The Morgan fingerprint density at radius 3 is 2.70 bits per heavy atom. The van der Waals surface area contributed by atoms with Gasteiger partial charge in [-0.15, -0.1) is 0 Å². The molecule has 1 atom stereocenters. The summed E-state index contributed by atoms with van der Waals surface area (Å²) in [6.45, 7) is 3.41. The number of rotatable bonds is 3. The van der Waals surface area contributed by atoms with Crippen LogP contribution in [-0.2, 0) is 20.7 Å². The van der Waals surface area contributed by atoms with Crippen LogP contribution in [0.5, 0.6) is 0 Å². The van der Waals surface area contributed by atoms with E-state index in [1.165, 1.54) is 18.9 Å². The number of fused-ring (bicyclic) bond motifs is 1. The summed E-state index contributed by atoms with van der Waals surface area (Å²) >= 11 is 0. The normalized spacial score (nSPS) is 16.8. The predicted octanol–water partition coefficient (Wildman–Crippen LogP) is 1.57. The molecule has 0 aliphatic carbocycles. The predicted molar refractivity (Wildman–Crippen MR) is 72.9 cm³/mol. The van der Waals surface area contributed by atoms with Crippen LogP contribution in [-0.4, -0.2) is 36.3 Å². The minimum absolute atomic E-state index is 0.218. The van der Waals surface area contributed by atoms with E-state index in [4.69, 9.17) is 4.74 Å². The molecule has 0 bridgehead atoms. The van der Waals surface area contributed by atoms with Gasteiger partial charge >= 0.3 is 5.97 Å². The summed E-state index contributed by atoms with van der Waals surface area (Å²) in [4.78, 5) is 36.5. The van der Waals surface area contributed by atoms with Gasteiger partial charge in [-0.3, -0.25) is 9.69 Å². The average molecular weight is 277 g/mol. The fourth-order valence-electron chi connectivity index (χ4n) is 2.45. The Labute approximate surface area is 116 Å². The zero-order valence-electron chi connectivity index (χ0n) is 11.8. The van der Waals surface area contributed by atoms with E-state index in [0.717, 1.165) is 10.3 Å². The Hall–Kier alpha value is -2.24. The monoisotopic (exact) mass is 277 g/mol. The van der Waals surface area contributed by atoms with Gasteiger partial charge in [0.1, 0.15) is 6.04 Å². The number of hydrogen-bond acceptors (Lipinski definition) is 4. The van der Waals surface area contributed by atoms with Gasteiger partial charge in [-0.25, -0.2) is 4.79 Å². The van der Waals surface area contributed by atoms with Crippen molar-refractivity contribution < 1.29 is 19.1 Å². The molecule has 1 unspecified atom stereocenters. The van der Waals surface area contributed by atoms with E-state index in [2.05, 4.69) is 0 Å². The van der Waals surface area contributed by atoms with E-state index in [-0.39, 0.29) is 12.5 Å². The van der Waals surface area contributed by atoms with Gasteiger partial charge in [0.05, 0.1) is 6.61 Å². The van der Waals surface area contributed by atoms with Crippen molar-refractivity contribution in [2.45, 2.75) is 26.3 Å². The molecule has 0 N–H and O–H groups in total. The Bertz CT molecular complexity index is 583. The summed E-state index contributed by atoms with van der Waals surface area (Å²) in [7, 11) is 1.41. The highest BCUT2D eigenvalue weighted by Gasteiger charge is 2.38. The lowest BCUT2D eigenvalue weighted by atomic mass is 10.1. The fraction of sp³-hybridized carbons (Fsp3) is 0.429. The second-order valence-corrected chi connectivity index (χ2v) is 4.67. The zero-order chi connectivity index (χ0) is 14.9. The summed E-state index contributed by atoms with van der Waals surface area (Å²) in [5.41, 5.74) is 1.97. The number of nitrogens with zero attached hydrogens (tertiary/aromatic N) is 2. The number of hydrogen-bond donors (Lipinski definition) is 0. The maximum Gasteiger partial charge on any atom is 0.329 e. The first-order valence-corrected chi connectivity index (χ1v) is 6.46. The number of ether oxygens (including phenoxy) is 1. The molecule has 1 aliphatic rings. The van der Waals surface area contributed by atoms with Crippen LogP contribution in [0.2, 0.25) is 0 Å². The number of nitroso groups, excluding NO2 is 1. The third-order valence-electron chi connectivity index (χ3n) is 3.31. The van der Waals surface area contributed by atoms with Crippen molar-refractivity contribution in [1.29, 1.82) is 0 Å². The third kappa shape index (κ3) is 2.41. The minimum atomic E-state index is -0.644. The Morgan fingerprint density at radius 2 is 2.15 bits per heavy atom. The fourth-order valence-corrected chi connectivity index (χ4v) is 2.45. The average Bonchev–Trinajstić information content (AvgIpc) is 2.77. The van der Waals surface area contributed by atoms with E-state index in [1.54, 1.807) is 25.1 Å². The van der Waals surface area contributed by atoms with Crippen molar-refractivity contribution in [3.8, 4) is 0 Å². The molecule has 1 heterocycles. The summed E-state index contributed by atoms with van der Waals surface area (Å²) in [5.74, 6) is -0.638. The van der Waals surface area contributed by atoms with Crippen molar-refractivity contribution >= 4 is 23.3 Å². The van der Waals surface area contributed by atoms with Gasteiger partial charge in [0.2, 0.25) is 5.91 Å². The number of carbonyl (C=O) groups excluding carboxylic acids is 2. The number of esters is 1. The van der Waals surface area contributed by atoms with Crippen molar-refractivity contribution in [3.63, 3.8) is 0 Å². The quantitative estimate of drug-likeness (QED) is 0.621. The molecule has 0 spiro atoms. The molecule has 20 heavy (non-hydrogen) atoms. The molecule has 0 aromatic heterocycles. The maximum atomic E-state index is 12.0. The molecule has 6 nitrogen and oxygen atoms in total. The van der Waals surface area contributed by atoms with Gasteiger partial charge in [-0.2, -0.15) is 0 Å². The summed E-state index contributed by atoms with van der Waals surface area (Å²) in [6, 6.07) is 4.39. The highest BCUT2D eigenvalue weighted by molar-refractivity contribution is 6.01. The van der Waals surface area contributed by atoms with Crippen LogP contribution in [0.15, 0.2) is 18.2 Å².